The fourth-order valence-corrected chi connectivity index (χ4v) is 3.57. The number of hydrogen-bond acceptors (Lipinski definition) is 6. The first kappa shape index (κ1) is 15.3. The molecular formula is C19H11N3O5. The number of para-hydroxylation sites is 1. The summed E-state index contributed by atoms with van der Waals surface area (Å²) in [6, 6.07) is 15.0. The average molecular weight is 361 g/mol. The van der Waals surface area contributed by atoms with Crippen molar-refractivity contribution in [3.8, 4) is 5.69 Å². The molecule has 2 N–H and O–H groups in total. The van der Waals surface area contributed by atoms with Gasteiger partial charge in [0.25, 0.3) is 11.3 Å². The maximum Gasteiger partial charge on any atom is 0.341 e. The fraction of sp³-hybridized carbons (Fsp3) is 0.0526. The molecule has 2 aromatic carbocycles. The largest absolute Gasteiger partial charge is 0.423 e. The topological polar surface area (TPSA) is 110 Å². The Morgan fingerprint density at radius 1 is 0.889 bits per heavy atom. The van der Waals surface area contributed by atoms with Crippen molar-refractivity contribution in [2.75, 3.05) is 5.32 Å². The normalized spacial score (nSPS) is 19.6. The van der Waals surface area contributed by atoms with E-state index in [2.05, 4.69) is 10.3 Å². The van der Waals surface area contributed by atoms with Gasteiger partial charge in [-0.25, -0.2) is 14.2 Å². The van der Waals surface area contributed by atoms with Gasteiger partial charge in [-0.05, 0) is 18.2 Å². The van der Waals surface area contributed by atoms with Crippen LogP contribution in [0.5, 0.6) is 0 Å². The number of ketones is 1. The quantitative estimate of drug-likeness (QED) is 0.630. The van der Waals surface area contributed by atoms with Crippen molar-refractivity contribution in [1.82, 2.24) is 9.55 Å². The molecule has 0 aliphatic carbocycles. The SMILES string of the molecule is O=C1OC2(Nc3c(c(=O)[nH]c(=O)n3-c3ccccc3)C2=O)c2ccccc21. The third-order valence-corrected chi connectivity index (χ3v) is 4.74. The number of rotatable bonds is 1. The molecule has 2 aliphatic heterocycles. The molecule has 2 aliphatic rings. The molecule has 1 aromatic heterocycles. The molecule has 1 atom stereocenters. The van der Waals surface area contributed by atoms with Crippen LogP contribution in [0.3, 0.4) is 0 Å². The zero-order valence-corrected chi connectivity index (χ0v) is 13.7. The van der Waals surface area contributed by atoms with Gasteiger partial charge in [0.15, 0.2) is 0 Å². The highest BCUT2D eigenvalue weighted by molar-refractivity contribution is 6.16. The molecule has 3 heterocycles. The van der Waals surface area contributed by atoms with Crippen LogP contribution in [-0.2, 0) is 10.5 Å². The summed E-state index contributed by atoms with van der Waals surface area (Å²) in [5.74, 6) is -1.41. The van der Waals surface area contributed by atoms with Crippen LogP contribution < -0.4 is 16.6 Å². The van der Waals surface area contributed by atoms with Crippen LogP contribution in [0.15, 0.2) is 64.2 Å². The molecule has 8 heteroatoms. The number of benzene rings is 2. The summed E-state index contributed by atoms with van der Waals surface area (Å²) >= 11 is 0. The number of aromatic amines is 1. The van der Waals surface area contributed by atoms with Crippen LogP contribution in [0.1, 0.15) is 26.3 Å². The second kappa shape index (κ2) is 5.04. The van der Waals surface area contributed by atoms with Crippen molar-refractivity contribution in [3.05, 3.63) is 92.1 Å². The zero-order chi connectivity index (χ0) is 18.8. The Morgan fingerprint density at radius 2 is 1.59 bits per heavy atom. The molecule has 1 unspecified atom stereocenters. The number of esters is 1. The lowest BCUT2D eigenvalue weighted by Crippen LogP contribution is -2.39. The summed E-state index contributed by atoms with van der Waals surface area (Å²) in [6.07, 6.45) is 0. The fourth-order valence-electron chi connectivity index (χ4n) is 3.57. The first-order chi connectivity index (χ1) is 13.0. The first-order valence-corrected chi connectivity index (χ1v) is 8.13. The molecule has 132 valence electrons. The minimum atomic E-state index is -1.85. The summed E-state index contributed by atoms with van der Waals surface area (Å²) in [5.41, 5.74) is -2.67. The number of H-pyrrole nitrogens is 1. The van der Waals surface area contributed by atoms with E-state index >= 15 is 0 Å². The van der Waals surface area contributed by atoms with E-state index in [0.29, 0.717) is 11.3 Å². The molecule has 27 heavy (non-hydrogen) atoms. The third-order valence-electron chi connectivity index (χ3n) is 4.74. The second-order valence-electron chi connectivity index (χ2n) is 6.22. The zero-order valence-electron chi connectivity index (χ0n) is 13.7. The summed E-state index contributed by atoms with van der Waals surface area (Å²) in [4.78, 5) is 52.4. The van der Waals surface area contributed by atoms with Crippen LogP contribution in [-0.4, -0.2) is 21.3 Å². The lowest BCUT2D eigenvalue weighted by atomic mass is 9.96. The van der Waals surface area contributed by atoms with E-state index in [4.69, 9.17) is 4.74 Å². The Balaban J connectivity index is 1.81. The lowest BCUT2D eigenvalue weighted by molar-refractivity contribution is 0.0109. The van der Waals surface area contributed by atoms with Gasteiger partial charge in [-0.15, -0.1) is 0 Å². The number of hydrogen-bond donors (Lipinski definition) is 2. The Hall–Kier alpha value is -3.94. The van der Waals surface area contributed by atoms with Crippen LogP contribution >= 0.6 is 0 Å². The number of carbonyl (C=O) groups is 2. The van der Waals surface area contributed by atoms with Crippen molar-refractivity contribution < 1.29 is 14.3 Å². The van der Waals surface area contributed by atoms with Crippen molar-refractivity contribution in [1.29, 1.82) is 0 Å². The van der Waals surface area contributed by atoms with Gasteiger partial charge in [0.2, 0.25) is 5.78 Å². The molecule has 0 bridgehead atoms. The van der Waals surface area contributed by atoms with E-state index in [1.165, 1.54) is 4.57 Å². The molecule has 1 spiro atoms. The number of carbonyl (C=O) groups excluding carboxylic acids is 2. The predicted octanol–water partition coefficient (Wildman–Crippen LogP) is 1.16. The predicted molar refractivity (Wildman–Crippen MR) is 94.1 cm³/mol. The summed E-state index contributed by atoms with van der Waals surface area (Å²) in [7, 11) is 0. The Bertz CT molecular complexity index is 1260. The van der Waals surface area contributed by atoms with Gasteiger partial charge >= 0.3 is 11.7 Å². The van der Waals surface area contributed by atoms with E-state index in [1.807, 2.05) is 0 Å². The minimum Gasteiger partial charge on any atom is -0.423 e. The van der Waals surface area contributed by atoms with Crippen LogP contribution in [0.25, 0.3) is 5.69 Å². The molecular weight excluding hydrogens is 350 g/mol. The van der Waals surface area contributed by atoms with E-state index < -0.39 is 28.7 Å². The Labute approximate surface area is 151 Å². The number of anilines is 1. The van der Waals surface area contributed by atoms with Gasteiger partial charge in [0.1, 0.15) is 11.4 Å². The molecule has 0 fully saturated rings. The monoisotopic (exact) mass is 361 g/mol. The number of nitrogens with one attached hydrogen (secondary N) is 2. The minimum absolute atomic E-state index is 0.00977. The standard InChI is InChI=1S/C19H11N3O5/c23-14-13-15(21-19(14)12-9-5-4-8-11(12)17(25)27-19)22(18(26)20-16(13)24)10-6-2-1-3-7-10/h1-9,21H,(H,20,24,26). The molecule has 0 saturated heterocycles. The van der Waals surface area contributed by atoms with E-state index in [0.717, 1.165) is 0 Å². The Kier molecular flexibility index (Phi) is 2.86. The van der Waals surface area contributed by atoms with Gasteiger partial charge in [0.05, 0.1) is 11.3 Å². The highest BCUT2D eigenvalue weighted by Gasteiger charge is 2.58. The van der Waals surface area contributed by atoms with Gasteiger partial charge < -0.3 is 10.1 Å². The van der Waals surface area contributed by atoms with Crippen molar-refractivity contribution >= 4 is 17.6 Å². The molecule has 0 radical (unpaired) electrons. The van der Waals surface area contributed by atoms with E-state index in [-0.39, 0.29) is 16.9 Å². The number of aromatic nitrogens is 2. The van der Waals surface area contributed by atoms with Crippen molar-refractivity contribution in [2.45, 2.75) is 5.72 Å². The molecule has 0 amide bonds. The molecule has 8 nitrogen and oxygen atoms in total. The third kappa shape index (κ3) is 1.86. The summed E-state index contributed by atoms with van der Waals surface area (Å²) < 4.78 is 6.57. The van der Waals surface area contributed by atoms with E-state index in [9.17, 15) is 19.2 Å². The van der Waals surface area contributed by atoms with Gasteiger partial charge in [-0.1, -0.05) is 36.4 Å². The maximum absolute atomic E-state index is 13.2. The summed E-state index contributed by atoms with van der Waals surface area (Å²) in [6.45, 7) is 0. The van der Waals surface area contributed by atoms with Gasteiger partial charge in [-0.2, -0.15) is 0 Å². The number of fused-ring (bicyclic) bond motifs is 3. The average Bonchev–Trinajstić information content (AvgIpc) is 3.11. The van der Waals surface area contributed by atoms with Crippen molar-refractivity contribution in [3.63, 3.8) is 0 Å². The molecule has 5 rings (SSSR count). The highest BCUT2D eigenvalue weighted by Crippen LogP contribution is 2.44. The number of Topliss-reactive ketones (excluding diaryl/α,β-unsaturated/α-hetero) is 1. The van der Waals surface area contributed by atoms with E-state index in [1.54, 1.807) is 54.6 Å². The number of nitrogens with zero attached hydrogens (tertiary/aromatic N) is 1. The lowest BCUT2D eigenvalue weighted by Gasteiger charge is -2.22. The molecule has 3 aromatic rings. The van der Waals surface area contributed by atoms with Crippen LogP contribution in [0.2, 0.25) is 0 Å². The van der Waals surface area contributed by atoms with Gasteiger partial charge in [-0.3, -0.25) is 14.6 Å². The first-order valence-electron chi connectivity index (χ1n) is 8.13. The molecule has 0 saturated carbocycles. The van der Waals surface area contributed by atoms with Gasteiger partial charge in [0, 0.05) is 5.56 Å². The highest BCUT2D eigenvalue weighted by atomic mass is 16.6. The Morgan fingerprint density at radius 3 is 2.37 bits per heavy atom. The van der Waals surface area contributed by atoms with Crippen LogP contribution in [0.4, 0.5) is 5.82 Å². The maximum atomic E-state index is 13.2. The smallest absolute Gasteiger partial charge is 0.341 e. The van der Waals surface area contributed by atoms with Crippen molar-refractivity contribution in [2.24, 2.45) is 0 Å². The van der Waals surface area contributed by atoms with Crippen LogP contribution in [0, 0.1) is 0 Å². The second-order valence-corrected chi connectivity index (χ2v) is 6.22. The number of ether oxygens (including phenoxy) is 1. The summed E-state index contributed by atoms with van der Waals surface area (Å²) in [5, 5.41) is 2.85.